The number of carbonyl (C=O) groups is 3. The molecular formula is C31H42N2O7. The van der Waals surface area contributed by atoms with Crippen LogP contribution in [-0.4, -0.2) is 71.9 Å². The number of aryl methyl sites for hydroxylation is 1. The largest absolute Gasteiger partial charge is 0.494 e. The number of unbranched alkanes of at least 4 members (excludes halogenated alkanes) is 3. The summed E-state index contributed by atoms with van der Waals surface area (Å²) in [6.45, 7) is 3.31. The van der Waals surface area contributed by atoms with Gasteiger partial charge in [0, 0.05) is 5.56 Å². The van der Waals surface area contributed by atoms with Crippen LogP contribution in [0.3, 0.4) is 0 Å². The van der Waals surface area contributed by atoms with E-state index in [0.29, 0.717) is 18.8 Å². The summed E-state index contributed by atoms with van der Waals surface area (Å²) in [5.41, 5.74) is 0.349. The highest BCUT2D eigenvalue weighted by Crippen LogP contribution is 2.30. The maximum absolute atomic E-state index is 12.9. The molecule has 9 nitrogen and oxygen atoms in total. The number of carbonyl (C=O) groups excluding carboxylic acids is 3. The van der Waals surface area contributed by atoms with Crippen molar-refractivity contribution in [2.75, 3.05) is 26.4 Å². The van der Waals surface area contributed by atoms with E-state index in [9.17, 15) is 24.6 Å². The Morgan fingerprint density at radius 1 is 0.950 bits per heavy atom. The summed E-state index contributed by atoms with van der Waals surface area (Å²) < 4.78 is 11.0. The van der Waals surface area contributed by atoms with Crippen LogP contribution >= 0.6 is 0 Å². The molecular weight excluding hydrogens is 512 g/mol. The molecule has 218 valence electrons. The van der Waals surface area contributed by atoms with Crippen LogP contribution in [0.15, 0.2) is 54.6 Å². The number of aliphatic hydroxyl groups excluding tert-OH is 2. The van der Waals surface area contributed by atoms with E-state index in [2.05, 4.69) is 34.9 Å². The van der Waals surface area contributed by atoms with E-state index in [1.807, 2.05) is 19.9 Å². The zero-order chi connectivity index (χ0) is 29.0. The van der Waals surface area contributed by atoms with Gasteiger partial charge in [0.05, 0.1) is 32.5 Å². The normalized spacial score (nSPS) is 17.6. The number of nitrogens with one attached hydrogen (secondary N) is 2. The van der Waals surface area contributed by atoms with E-state index >= 15 is 0 Å². The van der Waals surface area contributed by atoms with Gasteiger partial charge < -0.3 is 30.3 Å². The average Bonchev–Trinajstić information content (AvgIpc) is 3.76. The highest BCUT2D eigenvalue weighted by atomic mass is 16.6. The van der Waals surface area contributed by atoms with Crippen LogP contribution in [0.1, 0.15) is 61.9 Å². The van der Waals surface area contributed by atoms with Crippen LogP contribution < -0.4 is 15.4 Å². The maximum atomic E-state index is 12.9. The standard InChI is InChI=1S/C31H42N2O7/c1-22(2)17-26(28(36)31(20-35)21-40-31)32-30(38)27(19-34)33-29(37)24-14-10-15-25(18-24)39-16-9-4-3-6-11-23-12-7-5-8-13-23/h5,7-8,10,12-15,18,22,26-27,34-35H,3-4,6,9,11,16-17,19-21H2,1-2H3,(H,32,38)(H,33,37)/t26-,27-,31?/m0/s1. The number of ether oxygens (including phenoxy) is 2. The van der Waals surface area contributed by atoms with Gasteiger partial charge >= 0.3 is 0 Å². The molecule has 3 rings (SSSR count). The smallest absolute Gasteiger partial charge is 0.252 e. The van der Waals surface area contributed by atoms with Gasteiger partial charge in [-0.25, -0.2) is 0 Å². The van der Waals surface area contributed by atoms with E-state index in [1.54, 1.807) is 24.3 Å². The zero-order valence-electron chi connectivity index (χ0n) is 23.4. The van der Waals surface area contributed by atoms with E-state index in [0.717, 1.165) is 32.1 Å². The van der Waals surface area contributed by atoms with Gasteiger partial charge in [0.25, 0.3) is 5.91 Å². The molecule has 1 saturated heterocycles. The van der Waals surface area contributed by atoms with Crippen molar-refractivity contribution >= 4 is 17.6 Å². The van der Waals surface area contributed by atoms with Crippen molar-refractivity contribution in [3.05, 3.63) is 65.7 Å². The minimum absolute atomic E-state index is 0.0722. The molecule has 1 unspecified atom stereocenters. The predicted octanol–water partition coefficient (Wildman–Crippen LogP) is 2.82. The van der Waals surface area contributed by atoms with E-state index < -0.39 is 48.5 Å². The van der Waals surface area contributed by atoms with Crippen LogP contribution in [0.25, 0.3) is 0 Å². The lowest BCUT2D eigenvalue weighted by Gasteiger charge is -2.24. The van der Waals surface area contributed by atoms with Crippen molar-refractivity contribution in [1.82, 2.24) is 10.6 Å². The Balaban J connectivity index is 1.46. The first-order valence-corrected chi connectivity index (χ1v) is 14.1. The first-order valence-electron chi connectivity index (χ1n) is 14.1. The Labute approximate surface area is 236 Å². The monoisotopic (exact) mass is 554 g/mol. The molecule has 3 atom stereocenters. The molecule has 1 fully saturated rings. The van der Waals surface area contributed by atoms with Crippen molar-refractivity contribution in [2.45, 2.75) is 70.1 Å². The predicted molar refractivity (Wildman–Crippen MR) is 151 cm³/mol. The zero-order valence-corrected chi connectivity index (χ0v) is 23.4. The number of benzene rings is 2. The van der Waals surface area contributed by atoms with Crippen LogP contribution in [0, 0.1) is 5.92 Å². The number of ketones is 1. The summed E-state index contributed by atoms with van der Waals surface area (Å²) in [4.78, 5) is 38.7. The Morgan fingerprint density at radius 3 is 2.33 bits per heavy atom. The number of rotatable bonds is 18. The molecule has 0 aromatic heterocycles. The molecule has 1 heterocycles. The lowest BCUT2D eigenvalue weighted by molar-refractivity contribution is -0.133. The topological polar surface area (TPSA) is 137 Å². The highest BCUT2D eigenvalue weighted by Gasteiger charge is 2.54. The summed E-state index contributed by atoms with van der Waals surface area (Å²) in [5, 5.41) is 24.5. The summed E-state index contributed by atoms with van der Waals surface area (Å²) in [5.74, 6) is -1.04. The summed E-state index contributed by atoms with van der Waals surface area (Å²) in [7, 11) is 0. The van der Waals surface area contributed by atoms with Crippen LogP contribution in [-0.2, 0) is 20.7 Å². The van der Waals surface area contributed by atoms with Gasteiger partial charge in [0.1, 0.15) is 11.8 Å². The highest BCUT2D eigenvalue weighted by molar-refractivity contribution is 6.00. The Morgan fingerprint density at radius 2 is 1.68 bits per heavy atom. The summed E-state index contributed by atoms with van der Waals surface area (Å²) >= 11 is 0. The van der Waals surface area contributed by atoms with E-state index in [-0.39, 0.29) is 18.1 Å². The fraction of sp³-hybridized carbons (Fsp3) is 0.516. The van der Waals surface area contributed by atoms with Gasteiger partial charge in [0.15, 0.2) is 11.4 Å². The number of Topliss-reactive ketones (excluding diaryl/α,β-unsaturated/α-hetero) is 1. The summed E-state index contributed by atoms with van der Waals surface area (Å²) in [6.07, 6.45) is 5.58. The molecule has 0 spiro atoms. The quantitative estimate of drug-likeness (QED) is 0.164. The van der Waals surface area contributed by atoms with Crippen LogP contribution in [0.5, 0.6) is 5.75 Å². The fourth-order valence-corrected chi connectivity index (χ4v) is 4.47. The molecule has 9 heteroatoms. The Hall–Kier alpha value is -3.27. The van der Waals surface area contributed by atoms with Gasteiger partial charge in [-0.3, -0.25) is 14.4 Å². The Bertz CT molecular complexity index is 1100. The first-order chi connectivity index (χ1) is 19.3. The molecule has 4 N–H and O–H groups in total. The lowest BCUT2D eigenvalue weighted by atomic mass is 9.92. The van der Waals surface area contributed by atoms with Crippen LogP contribution in [0.4, 0.5) is 0 Å². The molecule has 1 aliphatic heterocycles. The molecule has 2 aromatic rings. The number of aliphatic hydroxyl groups is 2. The third-order valence-corrected chi connectivity index (χ3v) is 6.91. The minimum atomic E-state index is -1.28. The van der Waals surface area contributed by atoms with Crippen molar-refractivity contribution in [3.63, 3.8) is 0 Å². The minimum Gasteiger partial charge on any atom is -0.494 e. The third-order valence-electron chi connectivity index (χ3n) is 6.91. The number of hydrogen-bond acceptors (Lipinski definition) is 7. The van der Waals surface area contributed by atoms with Gasteiger partial charge in [-0.05, 0) is 55.4 Å². The Kier molecular flexibility index (Phi) is 12.1. The fourth-order valence-electron chi connectivity index (χ4n) is 4.47. The first kappa shape index (κ1) is 31.3. The molecule has 2 aromatic carbocycles. The second kappa shape index (κ2) is 15.5. The van der Waals surface area contributed by atoms with E-state index in [1.165, 1.54) is 5.56 Å². The second-order valence-electron chi connectivity index (χ2n) is 10.7. The lowest BCUT2D eigenvalue weighted by Crippen LogP contribution is -2.55. The molecule has 0 bridgehead atoms. The van der Waals surface area contributed by atoms with Crippen LogP contribution in [0.2, 0.25) is 0 Å². The SMILES string of the molecule is CC(C)C[C@H](NC(=O)[C@H](CO)NC(=O)c1cccc(OCCCCCCc2ccccc2)c1)C(=O)C1(CO)CO1. The molecule has 0 saturated carbocycles. The molecule has 1 aliphatic rings. The average molecular weight is 555 g/mol. The van der Waals surface area contributed by atoms with Gasteiger partial charge in [-0.1, -0.05) is 63.1 Å². The molecule has 40 heavy (non-hydrogen) atoms. The van der Waals surface area contributed by atoms with E-state index in [4.69, 9.17) is 9.47 Å². The van der Waals surface area contributed by atoms with Crippen molar-refractivity contribution < 1.29 is 34.1 Å². The van der Waals surface area contributed by atoms with Crippen molar-refractivity contribution in [2.24, 2.45) is 5.92 Å². The molecule has 2 amide bonds. The van der Waals surface area contributed by atoms with Gasteiger partial charge in [0.2, 0.25) is 5.91 Å². The number of hydrogen-bond donors (Lipinski definition) is 4. The molecule has 0 aliphatic carbocycles. The number of amides is 2. The summed E-state index contributed by atoms with van der Waals surface area (Å²) in [6, 6.07) is 14.9. The second-order valence-corrected chi connectivity index (χ2v) is 10.7. The third kappa shape index (κ3) is 9.43. The number of epoxide rings is 1. The maximum Gasteiger partial charge on any atom is 0.252 e. The van der Waals surface area contributed by atoms with Crippen molar-refractivity contribution in [1.29, 1.82) is 0 Å². The van der Waals surface area contributed by atoms with Crippen molar-refractivity contribution in [3.8, 4) is 5.75 Å². The van der Waals surface area contributed by atoms with Gasteiger partial charge in [-0.2, -0.15) is 0 Å². The van der Waals surface area contributed by atoms with Gasteiger partial charge in [-0.15, -0.1) is 0 Å². The molecule has 0 radical (unpaired) electrons.